The van der Waals surface area contributed by atoms with E-state index in [2.05, 4.69) is 17.6 Å². The molecule has 0 unspecified atom stereocenters. The molecule has 1 atom stereocenters. The Morgan fingerprint density at radius 3 is 1.04 bits per heavy atom. The smallest absolute Gasteiger partial charge is 0.326 e. The number of carboxylic acids is 3. The maximum atomic E-state index is 13.4. The van der Waals surface area contributed by atoms with E-state index in [4.69, 9.17) is 67.1 Å². The standard InChI is InChI=1S/C56H105N3O21/c1-2-3-4-5-6-7-11-14-17-24-59(53(62)18-15-12-9-8-10-13-16-19-54(63)64)50(56(67)68)20-21-51(60)57-23-26-70-28-30-72-32-34-74-36-38-76-40-42-78-44-46-80-48-47-79-45-43-77-41-39-75-37-35-73-33-31-71-29-27-69-25-22-52(61)58-49-55(65)66/h50H,2-49H2,1H3,(H,57,60)(H,58,61)(H,63,64)(H,65,66)(H,67,68)/t50-/m0/s1. The Bertz CT molecular complexity index is 1450. The molecule has 0 aromatic carbocycles. The van der Waals surface area contributed by atoms with E-state index in [1.165, 1.54) is 37.0 Å². The highest BCUT2D eigenvalue weighted by molar-refractivity contribution is 5.84. The Kier molecular flexibility index (Phi) is 58.6. The fraction of sp³-hybridized carbons (Fsp3) is 0.893. The lowest BCUT2D eigenvalue weighted by Crippen LogP contribution is -2.46. The van der Waals surface area contributed by atoms with Gasteiger partial charge in [-0.1, -0.05) is 90.4 Å². The summed E-state index contributed by atoms with van der Waals surface area (Å²) in [7, 11) is 0. The van der Waals surface area contributed by atoms with Crippen molar-refractivity contribution in [1.29, 1.82) is 0 Å². The van der Waals surface area contributed by atoms with E-state index in [-0.39, 0.29) is 69.6 Å². The summed E-state index contributed by atoms with van der Waals surface area (Å²) in [5.41, 5.74) is 0. The van der Waals surface area contributed by atoms with Crippen LogP contribution in [0.4, 0.5) is 0 Å². The minimum Gasteiger partial charge on any atom is -0.481 e. The molecule has 470 valence electrons. The highest BCUT2D eigenvalue weighted by Gasteiger charge is 2.29. The number of nitrogens with one attached hydrogen (secondary N) is 2. The first kappa shape index (κ1) is 76.3. The predicted molar refractivity (Wildman–Crippen MR) is 297 cm³/mol. The van der Waals surface area contributed by atoms with Crippen molar-refractivity contribution >= 4 is 35.6 Å². The van der Waals surface area contributed by atoms with E-state index in [1.54, 1.807) is 0 Å². The van der Waals surface area contributed by atoms with Crippen LogP contribution in [0.1, 0.15) is 142 Å². The summed E-state index contributed by atoms with van der Waals surface area (Å²) >= 11 is 0. The van der Waals surface area contributed by atoms with E-state index in [0.717, 1.165) is 57.8 Å². The molecule has 0 aliphatic carbocycles. The zero-order valence-electron chi connectivity index (χ0n) is 48.7. The molecule has 24 nitrogen and oxygen atoms in total. The quantitative estimate of drug-likeness (QED) is 0.0496. The molecular formula is C56H105N3O21. The topological polar surface area (TPSA) is 301 Å². The van der Waals surface area contributed by atoms with E-state index in [1.807, 2.05) is 0 Å². The molecule has 24 heteroatoms. The van der Waals surface area contributed by atoms with Gasteiger partial charge in [-0.05, 0) is 25.7 Å². The summed E-state index contributed by atoms with van der Waals surface area (Å²) in [4.78, 5) is 72.5. The lowest BCUT2D eigenvalue weighted by atomic mass is 10.0. The average molecular weight is 1160 g/mol. The fourth-order valence-corrected chi connectivity index (χ4v) is 7.61. The summed E-state index contributed by atoms with van der Waals surface area (Å²) in [6, 6.07) is -1.08. The molecular weight excluding hydrogens is 1050 g/mol. The predicted octanol–water partition coefficient (Wildman–Crippen LogP) is 5.08. The maximum Gasteiger partial charge on any atom is 0.326 e. The van der Waals surface area contributed by atoms with Gasteiger partial charge in [-0.15, -0.1) is 0 Å². The van der Waals surface area contributed by atoms with Crippen LogP contribution < -0.4 is 10.6 Å². The lowest BCUT2D eigenvalue weighted by Gasteiger charge is -2.29. The molecule has 0 aliphatic rings. The molecule has 0 bridgehead atoms. The van der Waals surface area contributed by atoms with Gasteiger partial charge in [-0.3, -0.25) is 24.0 Å². The number of amides is 3. The highest BCUT2D eigenvalue weighted by Crippen LogP contribution is 2.17. The molecule has 0 aliphatic heterocycles. The second-order valence-corrected chi connectivity index (χ2v) is 18.8. The molecule has 0 fully saturated rings. The fourth-order valence-electron chi connectivity index (χ4n) is 7.61. The van der Waals surface area contributed by atoms with Gasteiger partial charge in [0.05, 0.1) is 159 Å². The van der Waals surface area contributed by atoms with Gasteiger partial charge >= 0.3 is 17.9 Å². The van der Waals surface area contributed by atoms with Crippen molar-refractivity contribution in [1.82, 2.24) is 15.5 Å². The van der Waals surface area contributed by atoms with Crippen molar-refractivity contribution in [3.8, 4) is 0 Å². The first-order valence-electron chi connectivity index (χ1n) is 29.5. The van der Waals surface area contributed by atoms with Crippen LogP contribution in [0.25, 0.3) is 0 Å². The SMILES string of the molecule is CCCCCCCCCCCN(C(=O)CCCCCCCCCC(=O)O)[C@@H](CCC(=O)NCCOCCOCCOCCOCCOCCOCCOCCOCCOCCOCCOCCOCCC(=O)NCC(=O)O)C(=O)O. The van der Waals surface area contributed by atoms with E-state index < -0.39 is 30.5 Å². The third-order valence-electron chi connectivity index (χ3n) is 12.0. The molecule has 0 saturated carbocycles. The van der Waals surface area contributed by atoms with Gasteiger partial charge in [-0.2, -0.15) is 0 Å². The third kappa shape index (κ3) is 57.6. The van der Waals surface area contributed by atoms with Crippen LogP contribution in [0, 0.1) is 0 Å². The molecule has 0 aromatic heterocycles. The molecule has 0 rings (SSSR count). The van der Waals surface area contributed by atoms with Crippen LogP contribution in [0.15, 0.2) is 0 Å². The van der Waals surface area contributed by atoms with Crippen molar-refractivity contribution in [3.05, 3.63) is 0 Å². The highest BCUT2D eigenvalue weighted by atomic mass is 16.6. The van der Waals surface area contributed by atoms with E-state index in [0.29, 0.717) is 165 Å². The van der Waals surface area contributed by atoms with Gasteiger partial charge < -0.3 is 87.7 Å². The van der Waals surface area contributed by atoms with Crippen molar-refractivity contribution < 1.29 is 101 Å². The lowest BCUT2D eigenvalue weighted by molar-refractivity contribution is -0.151. The van der Waals surface area contributed by atoms with Crippen LogP contribution in [-0.2, 0) is 85.6 Å². The second-order valence-electron chi connectivity index (χ2n) is 18.8. The largest absolute Gasteiger partial charge is 0.481 e. The van der Waals surface area contributed by atoms with Gasteiger partial charge in [-0.25, -0.2) is 4.79 Å². The minimum absolute atomic E-state index is 0.0238. The summed E-state index contributed by atoms with van der Waals surface area (Å²) in [5.74, 6) is -3.83. The summed E-state index contributed by atoms with van der Waals surface area (Å²) in [6.45, 7) is 12.0. The first-order chi connectivity index (χ1) is 39.1. The van der Waals surface area contributed by atoms with Crippen molar-refractivity contribution in [3.63, 3.8) is 0 Å². The number of carbonyl (C=O) groups is 6. The summed E-state index contributed by atoms with van der Waals surface area (Å²) in [5, 5.41) is 32.5. The number of rotatable bonds is 66. The van der Waals surface area contributed by atoms with Crippen molar-refractivity contribution in [2.45, 2.75) is 148 Å². The molecule has 80 heavy (non-hydrogen) atoms. The van der Waals surface area contributed by atoms with Crippen LogP contribution in [0.5, 0.6) is 0 Å². The van der Waals surface area contributed by atoms with Gasteiger partial charge in [0.25, 0.3) is 0 Å². The number of hydrogen-bond donors (Lipinski definition) is 5. The van der Waals surface area contributed by atoms with Gasteiger partial charge in [0.1, 0.15) is 12.6 Å². The zero-order chi connectivity index (χ0) is 58.5. The van der Waals surface area contributed by atoms with Crippen LogP contribution >= 0.6 is 0 Å². The number of carboxylic acid groups (broad SMARTS) is 3. The Hall–Kier alpha value is -3.66. The molecule has 0 radical (unpaired) electrons. The van der Waals surface area contributed by atoms with Crippen LogP contribution in [-0.4, -0.2) is 240 Å². The zero-order valence-corrected chi connectivity index (χ0v) is 48.7. The number of carbonyl (C=O) groups excluding carboxylic acids is 3. The number of ether oxygens (including phenoxy) is 12. The Labute approximate surface area is 476 Å². The van der Waals surface area contributed by atoms with Crippen LogP contribution in [0.3, 0.4) is 0 Å². The number of aliphatic carboxylic acids is 3. The number of unbranched alkanes of at least 4 members (excludes halogenated alkanes) is 14. The second kappa shape index (κ2) is 61.4. The Morgan fingerprint density at radius 2 is 0.675 bits per heavy atom. The van der Waals surface area contributed by atoms with Crippen LogP contribution in [0.2, 0.25) is 0 Å². The molecule has 3 amide bonds. The Morgan fingerprint density at radius 1 is 0.350 bits per heavy atom. The summed E-state index contributed by atoms with van der Waals surface area (Å²) in [6.07, 6.45) is 16.4. The Balaban J connectivity index is 3.76. The van der Waals surface area contributed by atoms with Crippen molar-refractivity contribution in [2.75, 3.05) is 178 Å². The monoisotopic (exact) mass is 1160 g/mol. The average Bonchev–Trinajstić information content (AvgIpc) is 3.44. The minimum atomic E-state index is -1.10. The number of hydrogen-bond acceptors (Lipinski definition) is 18. The van der Waals surface area contributed by atoms with Gasteiger partial charge in [0, 0.05) is 38.8 Å². The van der Waals surface area contributed by atoms with Gasteiger partial charge in [0.2, 0.25) is 17.7 Å². The molecule has 5 N–H and O–H groups in total. The molecule has 0 aromatic rings. The van der Waals surface area contributed by atoms with Gasteiger partial charge in [0.15, 0.2) is 0 Å². The van der Waals surface area contributed by atoms with E-state index in [9.17, 15) is 33.9 Å². The molecule has 0 saturated heterocycles. The molecule has 0 spiro atoms. The van der Waals surface area contributed by atoms with E-state index >= 15 is 0 Å². The third-order valence-corrected chi connectivity index (χ3v) is 12.0. The molecule has 0 heterocycles. The maximum absolute atomic E-state index is 13.4. The normalized spacial score (nSPS) is 11.7. The first-order valence-corrected chi connectivity index (χ1v) is 29.5. The number of nitrogens with zero attached hydrogens (tertiary/aromatic N) is 1. The summed E-state index contributed by atoms with van der Waals surface area (Å²) < 4.78 is 65.7. The van der Waals surface area contributed by atoms with Crippen molar-refractivity contribution in [2.24, 2.45) is 0 Å².